The highest BCUT2D eigenvalue weighted by Gasteiger charge is 2.23. The standard InChI is InChI=1S/C25H28N2O3S/c1-17-11-12-21(15-18(17)2)20(4)26-25(28)22-13-14-24(19(3)16-22)27(5)31(29,30)23-9-7-6-8-10-23/h6-16,20H,1-5H3,(H,26,28). The third-order valence-corrected chi connectivity index (χ3v) is 7.36. The fourth-order valence-corrected chi connectivity index (χ4v) is 4.71. The summed E-state index contributed by atoms with van der Waals surface area (Å²) in [5.74, 6) is -0.200. The average Bonchev–Trinajstić information content (AvgIpc) is 2.75. The van der Waals surface area contributed by atoms with Crippen molar-refractivity contribution in [2.45, 2.75) is 38.6 Å². The van der Waals surface area contributed by atoms with Gasteiger partial charge >= 0.3 is 0 Å². The van der Waals surface area contributed by atoms with Crippen LogP contribution in [0.2, 0.25) is 0 Å². The lowest BCUT2D eigenvalue weighted by Gasteiger charge is -2.22. The van der Waals surface area contributed by atoms with Crippen LogP contribution in [0.5, 0.6) is 0 Å². The third-order valence-electron chi connectivity index (χ3n) is 5.58. The fraction of sp³-hybridized carbons (Fsp3) is 0.240. The number of carbonyl (C=O) groups is 1. The van der Waals surface area contributed by atoms with E-state index >= 15 is 0 Å². The Balaban J connectivity index is 1.79. The predicted molar refractivity (Wildman–Crippen MR) is 125 cm³/mol. The lowest BCUT2D eigenvalue weighted by Crippen LogP contribution is -2.28. The largest absolute Gasteiger partial charge is 0.346 e. The van der Waals surface area contributed by atoms with Crippen molar-refractivity contribution in [2.24, 2.45) is 0 Å². The molecule has 5 nitrogen and oxygen atoms in total. The highest BCUT2D eigenvalue weighted by Crippen LogP contribution is 2.26. The molecule has 0 fully saturated rings. The summed E-state index contributed by atoms with van der Waals surface area (Å²) in [7, 11) is -2.16. The number of hydrogen-bond acceptors (Lipinski definition) is 3. The number of aryl methyl sites for hydroxylation is 3. The van der Waals surface area contributed by atoms with Crippen LogP contribution in [0.25, 0.3) is 0 Å². The molecule has 0 radical (unpaired) electrons. The third kappa shape index (κ3) is 4.80. The Bertz CT molecular complexity index is 1200. The molecule has 1 N–H and O–H groups in total. The molecule has 0 heterocycles. The van der Waals surface area contributed by atoms with Crippen LogP contribution in [-0.2, 0) is 10.0 Å². The molecule has 6 heteroatoms. The first kappa shape index (κ1) is 22.6. The van der Waals surface area contributed by atoms with Crippen molar-refractivity contribution in [1.82, 2.24) is 5.32 Å². The zero-order valence-corrected chi connectivity index (χ0v) is 19.3. The van der Waals surface area contributed by atoms with Gasteiger partial charge in [-0.25, -0.2) is 8.42 Å². The van der Waals surface area contributed by atoms with E-state index in [1.54, 1.807) is 55.5 Å². The Morgan fingerprint density at radius 1 is 0.871 bits per heavy atom. The molecule has 3 aromatic rings. The SMILES string of the molecule is Cc1ccc(C(C)NC(=O)c2ccc(N(C)S(=O)(=O)c3ccccc3)c(C)c2)cc1C. The second-order valence-electron chi connectivity index (χ2n) is 7.83. The Morgan fingerprint density at radius 2 is 1.55 bits per heavy atom. The molecule has 162 valence electrons. The molecule has 1 atom stereocenters. The van der Waals surface area contributed by atoms with Crippen LogP contribution in [-0.4, -0.2) is 21.4 Å². The van der Waals surface area contributed by atoms with E-state index in [4.69, 9.17) is 0 Å². The summed E-state index contributed by atoms with van der Waals surface area (Å²) in [4.78, 5) is 13.0. The average molecular weight is 437 g/mol. The van der Waals surface area contributed by atoms with Gasteiger partial charge in [-0.2, -0.15) is 0 Å². The van der Waals surface area contributed by atoms with Crippen molar-refractivity contribution < 1.29 is 13.2 Å². The predicted octanol–water partition coefficient (Wildman–Crippen LogP) is 4.93. The second-order valence-corrected chi connectivity index (χ2v) is 9.79. The summed E-state index contributed by atoms with van der Waals surface area (Å²) >= 11 is 0. The molecule has 0 bridgehead atoms. The first-order valence-corrected chi connectivity index (χ1v) is 11.6. The van der Waals surface area contributed by atoms with Crippen molar-refractivity contribution in [3.63, 3.8) is 0 Å². The van der Waals surface area contributed by atoms with E-state index < -0.39 is 10.0 Å². The molecule has 3 aromatic carbocycles. The molecule has 3 rings (SSSR count). The minimum atomic E-state index is -3.68. The maximum Gasteiger partial charge on any atom is 0.264 e. The first-order valence-electron chi connectivity index (χ1n) is 10.1. The molecular formula is C25H28N2O3S. The molecule has 31 heavy (non-hydrogen) atoms. The quantitative estimate of drug-likeness (QED) is 0.596. The number of hydrogen-bond donors (Lipinski definition) is 1. The lowest BCUT2D eigenvalue weighted by atomic mass is 10.0. The normalized spacial score (nSPS) is 12.3. The Kier molecular flexibility index (Phi) is 6.51. The van der Waals surface area contributed by atoms with E-state index in [0.717, 1.165) is 5.56 Å². The van der Waals surface area contributed by atoms with Gasteiger partial charge in [-0.3, -0.25) is 9.10 Å². The van der Waals surface area contributed by atoms with Gasteiger partial charge in [0, 0.05) is 12.6 Å². The van der Waals surface area contributed by atoms with Crippen LogP contribution >= 0.6 is 0 Å². The molecule has 0 aliphatic rings. The van der Waals surface area contributed by atoms with Crippen LogP contribution in [0.4, 0.5) is 5.69 Å². The van der Waals surface area contributed by atoms with Crippen molar-refractivity contribution in [2.75, 3.05) is 11.4 Å². The summed E-state index contributed by atoms with van der Waals surface area (Å²) in [5.41, 5.74) is 5.15. The van der Waals surface area contributed by atoms with Crippen molar-refractivity contribution in [1.29, 1.82) is 0 Å². The first-order chi connectivity index (χ1) is 14.6. The Labute approximate surface area is 184 Å². The molecule has 0 saturated heterocycles. The number of benzene rings is 3. The number of sulfonamides is 1. The molecule has 0 spiro atoms. The number of nitrogens with zero attached hydrogens (tertiary/aromatic N) is 1. The minimum absolute atomic E-state index is 0.145. The van der Waals surface area contributed by atoms with E-state index in [9.17, 15) is 13.2 Å². The lowest BCUT2D eigenvalue weighted by molar-refractivity contribution is 0.0940. The van der Waals surface area contributed by atoms with Crippen LogP contribution in [0.1, 0.15) is 45.6 Å². The summed E-state index contributed by atoms with van der Waals surface area (Å²) in [5, 5.41) is 3.02. The molecule has 1 amide bonds. The number of amides is 1. The molecule has 0 saturated carbocycles. The zero-order valence-electron chi connectivity index (χ0n) is 18.5. The highest BCUT2D eigenvalue weighted by atomic mass is 32.2. The van der Waals surface area contributed by atoms with Crippen molar-refractivity contribution >= 4 is 21.6 Å². The highest BCUT2D eigenvalue weighted by molar-refractivity contribution is 7.92. The Hall–Kier alpha value is -3.12. The molecule has 0 aliphatic carbocycles. The van der Waals surface area contributed by atoms with Crippen LogP contribution in [0, 0.1) is 20.8 Å². The van der Waals surface area contributed by atoms with Gasteiger partial charge in [0.05, 0.1) is 16.6 Å². The van der Waals surface area contributed by atoms with E-state index in [2.05, 4.69) is 31.3 Å². The molecule has 0 aromatic heterocycles. The molecular weight excluding hydrogens is 408 g/mol. The van der Waals surface area contributed by atoms with Crippen molar-refractivity contribution in [3.8, 4) is 0 Å². The van der Waals surface area contributed by atoms with Gasteiger partial charge in [0.15, 0.2) is 0 Å². The summed E-state index contributed by atoms with van der Waals surface area (Å²) in [6.07, 6.45) is 0. The van der Waals surface area contributed by atoms with Crippen LogP contribution in [0.15, 0.2) is 71.6 Å². The number of rotatable bonds is 6. The van der Waals surface area contributed by atoms with Gasteiger partial charge in [0.25, 0.3) is 15.9 Å². The summed E-state index contributed by atoms with van der Waals surface area (Å²) < 4.78 is 27.1. The number of carbonyl (C=O) groups excluding carboxylic acids is 1. The van der Waals surface area contributed by atoms with E-state index in [0.29, 0.717) is 16.8 Å². The van der Waals surface area contributed by atoms with Gasteiger partial charge in [-0.05, 0) is 80.3 Å². The van der Waals surface area contributed by atoms with Gasteiger partial charge in [0.2, 0.25) is 0 Å². The topological polar surface area (TPSA) is 66.5 Å². The van der Waals surface area contributed by atoms with E-state index in [-0.39, 0.29) is 16.8 Å². The van der Waals surface area contributed by atoms with E-state index in [1.807, 2.05) is 13.0 Å². The van der Waals surface area contributed by atoms with Gasteiger partial charge in [-0.1, -0.05) is 36.4 Å². The van der Waals surface area contributed by atoms with Crippen LogP contribution in [0.3, 0.4) is 0 Å². The summed E-state index contributed by atoms with van der Waals surface area (Å²) in [6.45, 7) is 7.86. The number of anilines is 1. The smallest absolute Gasteiger partial charge is 0.264 e. The Morgan fingerprint density at radius 3 is 2.16 bits per heavy atom. The van der Waals surface area contributed by atoms with Crippen LogP contribution < -0.4 is 9.62 Å². The molecule has 1 unspecified atom stereocenters. The zero-order chi connectivity index (χ0) is 22.8. The maximum atomic E-state index is 12.9. The minimum Gasteiger partial charge on any atom is -0.346 e. The summed E-state index contributed by atoms with van der Waals surface area (Å²) in [6, 6.07) is 19.3. The maximum absolute atomic E-state index is 12.9. The van der Waals surface area contributed by atoms with E-state index in [1.165, 1.54) is 22.5 Å². The van der Waals surface area contributed by atoms with Gasteiger partial charge in [-0.15, -0.1) is 0 Å². The van der Waals surface area contributed by atoms with Gasteiger partial charge < -0.3 is 5.32 Å². The van der Waals surface area contributed by atoms with Crippen molar-refractivity contribution in [3.05, 3.63) is 94.5 Å². The van der Waals surface area contributed by atoms with Gasteiger partial charge in [0.1, 0.15) is 0 Å². The number of nitrogens with one attached hydrogen (secondary N) is 1. The fourth-order valence-electron chi connectivity index (χ4n) is 3.43. The molecule has 0 aliphatic heterocycles. The second kappa shape index (κ2) is 8.94. The monoisotopic (exact) mass is 436 g/mol.